The Hall–Kier alpha value is -0.240. The van der Waals surface area contributed by atoms with Gasteiger partial charge in [-0.3, -0.25) is 0 Å². The van der Waals surface area contributed by atoms with E-state index < -0.39 is 31.0 Å². The van der Waals surface area contributed by atoms with E-state index >= 15 is 0 Å². The van der Waals surface area contributed by atoms with E-state index in [2.05, 4.69) is 19.2 Å². The Labute approximate surface area is 96.6 Å². The molecule has 6 nitrogen and oxygen atoms in total. The second-order valence-electron chi connectivity index (χ2n) is 3.56. The summed E-state index contributed by atoms with van der Waals surface area (Å²) in [6.45, 7) is 3.68. The van der Waals surface area contributed by atoms with Gasteiger partial charge in [-0.15, -0.1) is 0 Å². The number of aliphatic hydroxyl groups is 5. The molecule has 0 unspecified atom stereocenters. The van der Waals surface area contributed by atoms with Crippen molar-refractivity contribution in [2.24, 2.45) is 0 Å². The standard InChI is InChI=1S/C7H17NO5.C3H8/c1-8-2-4(10)6(12)7(13)5(11)3-9;1-3-2/h4-13H,2-3H2,1H3;3H2,1-2H3/t4-,5+,6+,7+;/m0./s1. The number of aliphatic hydroxyl groups excluding tert-OH is 5. The third-order valence-corrected chi connectivity index (χ3v) is 1.74. The summed E-state index contributed by atoms with van der Waals surface area (Å²) in [6.07, 6.45) is -4.40. The predicted octanol–water partition coefficient (Wildman–Crippen LogP) is -1.94. The fourth-order valence-electron chi connectivity index (χ4n) is 0.893. The van der Waals surface area contributed by atoms with Crippen molar-refractivity contribution in [2.45, 2.75) is 44.7 Å². The first kappa shape index (κ1) is 18.1. The highest BCUT2D eigenvalue weighted by Gasteiger charge is 2.29. The highest BCUT2D eigenvalue weighted by atomic mass is 16.4. The van der Waals surface area contributed by atoms with E-state index in [0.29, 0.717) is 0 Å². The first-order valence-corrected chi connectivity index (χ1v) is 5.43. The van der Waals surface area contributed by atoms with Crippen LogP contribution >= 0.6 is 0 Å². The van der Waals surface area contributed by atoms with Crippen LogP contribution in [0.4, 0.5) is 0 Å². The zero-order chi connectivity index (χ0) is 13.1. The number of likely N-dealkylation sites (N-methyl/N-ethyl adjacent to an activating group) is 1. The lowest BCUT2D eigenvalue weighted by Gasteiger charge is -2.25. The van der Waals surface area contributed by atoms with Gasteiger partial charge in [-0.25, -0.2) is 0 Å². The van der Waals surface area contributed by atoms with Gasteiger partial charge in [-0.2, -0.15) is 0 Å². The van der Waals surface area contributed by atoms with Crippen molar-refractivity contribution in [3.05, 3.63) is 0 Å². The second-order valence-corrected chi connectivity index (χ2v) is 3.56. The molecule has 0 fully saturated rings. The molecule has 4 atom stereocenters. The van der Waals surface area contributed by atoms with E-state index in [1.807, 2.05) is 0 Å². The fourth-order valence-corrected chi connectivity index (χ4v) is 0.893. The van der Waals surface area contributed by atoms with Gasteiger partial charge in [0, 0.05) is 6.54 Å². The molecule has 0 aliphatic heterocycles. The molecule has 0 bridgehead atoms. The lowest BCUT2D eigenvalue weighted by atomic mass is 10.0. The molecular formula is C10H25NO5. The molecule has 0 saturated carbocycles. The molecule has 0 aromatic rings. The first-order valence-electron chi connectivity index (χ1n) is 5.43. The van der Waals surface area contributed by atoms with Gasteiger partial charge in [0.05, 0.1) is 12.7 Å². The molecule has 0 aliphatic carbocycles. The van der Waals surface area contributed by atoms with Gasteiger partial charge >= 0.3 is 0 Å². The molecule has 0 saturated heterocycles. The molecule has 0 aromatic heterocycles. The zero-order valence-electron chi connectivity index (χ0n) is 10.2. The maximum absolute atomic E-state index is 9.21. The lowest BCUT2D eigenvalue weighted by molar-refractivity contribution is -0.113. The summed E-state index contributed by atoms with van der Waals surface area (Å²) in [4.78, 5) is 0. The molecule has 100 valence electrons. The highest BCUT2D eigenvalue weighted by molar-refractivity contribution is 4.81. The number of rotatable bonds is 6. The van der Waals surface area contributed by atoms with Crippen LogP contribution in [0.5, 0.6) is 0 Å². The predicted molar refractivity (Wildman–Crippen MR) is 61.0 cm³/mol. The summed E-state index contributed by atoms with van der Waals surface area (Å²) in [7, 11) is 1.57. The van der Waals surface area contributed by atoms with Crippen LogP contribution in [-0.2, 0) is 0 Å². The average molecular weight is 239 g/mol. The van der Waals surface area contributed by atoms with Gasteiger partial charge in [0.15, 0.2) is 0 Å². The Morgan fingerprint density at radius 1 is 0.938 bits per heavy atom. The molecule has 0 aromatic carbocycles. The summed E-state index contributed by atoms with van der Waals surface area (Å²) in [5, 5.41) is 47.5. The summed E-state index contributed by atoms with van der Waals surface area (Å²) in [6, 6.07) is 0. The summed E-state index contributed by atoms with van der Waals surface area (Å²) >= 11 is 0. The fraction of sp³-hybridized carbons (Fsp3) is 1.00. The van der Waals surface area contributed by atoms with Crippen LogP contribution < -0.4 is 5.32 Å². The number of hydrogen-bond acceptors (Lipinski definition) is 6. The van der Waals surface area contributed by atoms with E-state index in [-0.39, 0.29) is 6.54 Å². The van der Waals surface area contributed by atoms with Gasteiger partial charge in [0.25, 0.3) is 0 Å². The van der Waals surface area contributed by atoms with Gasteiger partial charge in [-0.1, -0.05) is 20.3 Å². The van der Waals surface area contributed by atoms with Crippen molar-refractivity contribution in [3.8, 4) is 0 Å². The monoisotopic (exact) mass is 239 g/mol. The third kappa shape index (κ3) is 7.98. The van der Waals surface area contributed by atoms with Crippen LogP contribution in [0.2, 0.25) is 0 Å². The SMILES string of the molecule is CCC.CNC[C@H](O)[C@@H](O)[C@H](O)[C@H](O)CO. The van der Waals surface area contributed by atoms with Crippen molar-refractivity contribution in [1.82, 2.24) is 5.32 Å². The van der Waals surface area contributed by atoms with E-state index in [0.717, 1.165) is 0 Å². The minimum atomic E-state index is -1.55. The van der Waals surface area contributed by atoms with E-state index in [9.17, 15) is 5.11 Å². The van der Waals surface area contributed by atoms with Crippen molar-refractivity contribution >= 4 is 0 Å². The molecule has 0 heterocycles. The van der Waals surface area contributed by atoms with Crippen LogP contribution in [0.3, 0.4) is 0 Å². The largest absolute Gasteiger partial charge is 0.394 e. The maximum atomic E-state index is 9.21. The van der Waals surface area contributed by atoms with Gasteiger partial charge in [0.2, 0.25) is 0 Å². The second kappa shape index (κ2) is 11.3. The number of hydrogen-bond donors (Lipinski definition) is 6. The van der Waals surface area contributed by atoms with Gasteiger partial charge in [-0.05, 0) is 7.05 Å². The summed E-state index contributed by atoms with van der Waals surface area (Å²) in [5.41, 5.74) is 0. The Balaban J connectivity index is 0. The minimum absolute atomic E-state index is 0.0936. The van der Waals surface area contributed by atoms with Crippen molar-refractivity contribution < 1.29 is 25.5 Å². The summed E-state index contributed by atoms with van der Waals surface area (Å²) in [5.74, 6) is 0. The van der Waals surface area contributed by atoms with Gasteiger partial charge < -0.3 is 30.8 Å². The molecule has 16 heavy (non-hydrogen) atoms. The molecule has 6 heteroatoms. The Morgan fingerprint density at radius 3 is 1.62 bits per heavy atom. The first-order chi connectivity index (χ1) is 7.45. The molecule has 6 N–H and O–H groups in total. The van der Waals surface area contributed by atoms with Crippen LogP contribution in [0.15, 0.2) is 0 Å². The summed E-state index contributed by atoms with van der Waals surface area (Å²) < 4.78 is 0. The van der Waals surface area contributed by atoms with Crippen molar-refractivity contribution in [2.75, 3.05) is 20.2 Å². The Kier molecular flexibility index (Phi) is 12.8. The lowest BCUT2D eigenvalue weighted by Crippen LogP contribution is -2.48. The van der Waals surface area contributed by atoms with E-state index in [1.54, 1.807) is 7.05 Å². The van der Waals surface area contributed by atoms with Crippen molar-refractivity contribution in [1.29, 1.82) is 0 Å². The smallest absolute Gasteiger partial charge is 0.111 e. The topological polar surface area (TPSA) is 113 Å². The van der Waals surface area contributed by atoms with Crippen molar-refractivity contribution in [3.63, 3.8) is 0 Å². The molecule has 0 rings (SSSR count). The third-order valence-electron chi connectivity index (χ3n) is 1.74. The van der Waals surface area contributed by atoms with E-state index in [1.165, 1.54) is 6.42 Å². The molecule has 0 spiro atoms. The Morgan fingerprint density at radius 2 is 1.31 bits per heavy atom. The zero-order valence-corrected chi connectivity index (χ0v) is 10.2. The van der Waals surface area contributed by atoms with Crippen LogP contribution in [0, 0.1) is 0 Å². The Bertz CT molecular complexity index is 147. The average Bonchev–Trinajstić information content (AvgIpc) is 2.27. The maximum Gasteiger partial charge on any atom is 0.111 e. The highest BCUT2D eigenvalue weighted by Crippen LogP contribution is 2.04. The number of nitrogens with one attached hydrogen (secondary N) is 1. The van der Waals surface area contributed by atoms with Crippen LogP contribution in [0.25, 0.3) is 0 Å². The van der Waals surface area contributed by atoms with Crippen LogP contribution in [0.1, 0.15) is 20.3 Å². The quantitative estimate of drug-likeness (QED) is 0.321. The van der Waals surface area contributed by atoms with E-state index in [4.69, 9.17) is 20.4 Å². The molecular weight excluding hydrogens is 214 g/mol. The normalized spacial score (nSPS) is 18.0. The van der Waals surface area contributed by atoms with Crippen LogP contribution in [-0.4, -0.2) is 70.1 Å². The molecule has 0 radical (unpaired) electrons. The minimum Gasteiger partial charge on any atom is -0.394 e. The molecule has 0 amide bonds. The molecule has 0 aliphatic rings. The van der Waals surface area contributed by atoms with Gasteiger partial charge in [0.1, 0.15) is 18.3 Å².